The van der Waals surface area contributed by atoms with Crippen molar-refractivity contribution in [2.75, 3.05) is 28.7 Å². The Hall–Kier alpha value is -4.08. The molecule has 0 unspecified atom stereocenters. The minimum atomic E-state index is -0.437. The van der Waals surface area contributed by atoms with Gasteiger partial charge in [-0.3, -0.25) is 10.1 Å². The van der Waals surface area contributed by atoms with Crippen LogP contribution < -0.4 is 15.6 Å². The highest BCUT2D eigenvalue weighted by atomic mass is 16.6. The third kappa shape index (κ3) is 5.50. The van der Waals surface area contributed by atoms with Crippen LogP contribution in [0.1, 0.15) is 24.8 Å². The van der Waals surface area contributed by atoms with E-state index in [0.29, 0.717) is 23.4 Å². The maximum absolute atomic E-state index is 10.8. The number of aromatic nitrogens is 3. The van der Waals surface area contributed by atoms with Gasteiger partial charge >= 0.3 is 0 Å². The van der Waals surface area contributed by atoms with Crippen LogP contribution in [-0.2, 0) is 0 Å². The molecule has 3 aromatic rings. The number of anilines is 4. The normalized spacial score (nSPS) is 13.9. The maximum Gasteiger partial charge on any atom is 0.269 e. The van der Waals surface area contributed by atoms with E-state index in [1.54, 1.807) is 18.3 Å². The van der Waals surface area contributed by atoms with Gasteiger partial charge in [-0.2, -0.15) is 20.1 Å². The number of non-ortho nitro benzene ring substituents is 1. The summed E-state index contributed by atoms with van der Waals surface area (Å²) in [7, 11) is 0. The van der Waals surface area contributed by atoms with Crippen molar-refractivity contribution in [1.82, 2.24) is 15.0 Å². The van der Waals surface area contributed by atoms with Gasteiger partial charge in [0.15, 0.2) is 0 Å². The molecule has 0 bridgehead atoms. The molecule has 0 aliphatic carbocycles. The number of hydrogen-bond donors (Lipinski definition) is 2. The average molecular weight is 418 g/mol. The van der Waals surface area contributed by atoms with Gasteiger partial charge in [0.1, 0.15) is 0 Å². The van der Waals surface area contributed by atoms with E-state index in [9.17, 15) is 10.1 Å². The first-order valence-electron chi connectivity index (χ1n) is 10.0. The van der Waals surface area contributed by atoms with Gasteiger partial charge in [0, 0.05) is 30.9 Å². The zero-order chi connectivity index (χ0) is 21.5. The second kappa shape index (κ2) is 9.61. The Bertz CT molecular complexity index is 1050. The van der Waals surface area contributed by atoms with Crippen LogP contribution in [0.4, 0.5) is 29.2 Å². The molecule has 0 spiro atoms. The van der Waals surface area contributed by atoms with Gasteiger partial charge in [0.05, 0.1) is 11.1 Å². The van der Waals surface area contributed by atoms with Gasteiger partial charge in [0.25, 0.3) is 5.69 Å². The van der Waals surface area contributed by atoms with E-state index in [0.717, 1.165) is 31.6 Å². The van der Waals surface area contributed by atoms with E-state index < -0.39 is 4.92 Å². The molecule has 1 aliphatic rings. The Balaban J connectivity index is 1.53. The van der Waals surface area contributed by atoms with Crippen LogP contribution in [0.3, 0.4) is 0 Å². The van der Waals surface area contributed by atoms with Crippen molar-refractivity contribution in [3.05, 3.63) is 70.3 Å². The van der Waals surface area contributed by atoms with Gasteiger partial charge in [-0.15, -0.1) is 0 Å². The molecule has 1 aromatic heterocycles. The van der Waals surface area contributed by atoms with Crippen molar-refractivity contribution in [3.8, 4) is 0 Å². The van der Waals surface area contributed by atoms with Crippen molar-refractivity contribution in [2.24, 2.45) is 5.10 Å². The molecule has 1 aliphatic heterocycles. The summed E-state index contributed by atoms with van der Waals surface area (Å²) in [5.74, 6) is 1.34. The predicted molar refractivity (Wildman–Crippen MR) is 120 cm³/mol. The Labute approximate surface area is 179 Å². The molecule has 10 nitrogen and oxygen atoms in total. The second-order valence-corrected chi connectivity index (χ2v) is 7.04. The smallest absolute Gasteiger partial charge is 0.269 e. The monoisotopic (exact) mass is 418 g/mol. The summed E-state index contributed by atoms with van der Waals surface area (Å²) >= 11 is 0. The fourth-order valence-corrected chi connectivity index (χ4v) is 3.20. The Morgan fingerprint density at radius 2 is 1.65 bits per heavy atom. The Morgan fingerprint density at radius 1 is 0.935 bits per heavy atom. The number of para-hydroxylation sites is 1. The van der Waals surface area contributed by atoms with Gasteiger partial charge in [0.2, 0.25) is 17.8 Å². The Kier molecular flexibility index (Phi) is 6.26. The molecular weight excluding hydrogens is 396 g/mol. The Morgan fingerprint density at radius 3 is 2.35 bits per heavy atom. The van der Waals surface area contributed by atoms with E-state index in [2.05, 4.69) is 35.7 Å². The molecule has 2 N–H and O–H groups in total. The van der Waals surface area contributed by atoms with Crippen LogP contribution in [0.2, 0.25) is 0 Å². The summed E-state index contributed by atoms with van der Waals surface area (Å²) in [6, 6.07) is 15.8. The number of nitro benzene ring substituents is 1. The minimum Gasteiger partial charge on any atom is -0.341 e. The van der Waals surface area contributed by atoms with Gasteiger partial charge in [-0.05, 0) is 49.1 Å². The average Bonchev–Trinajstić information content (AvgIpc) is 2.80. The van der Waals surface area contributed by atoms with Crippen LogP contribution in [0, 0.1) is 10.1 Å². The molecule has 1 saturated heterocycles. The predicted octanol–water partition coefficient (Wildman–Crippen LogP) is 3.96. The van der Waals surface area contributed by atoms with Crippen molar-refractivity contribution < 1.29 is 4.92 Å². The highest BCUT2D eigenvalue weighted by Gasteiger charge is 2.16. The van der Waals surface area contributed by atoms with Gasteiger partial charge in [-0.25, -0.2) is 5.43 Å². The summed E-state index contributed by atoms with van der Waals surface area (Å²) in [5, 5.41) is 18.1. The van der Waals surface area contributed by atoms with Crippen molar-refractivity contribution >= 4 is 35.4 Å². The maximum atomic E-state index is 10.8. The first kappa shape index (κ1) is 20.2. The third-order valence-electron chi connectivity index (χ3n) is 4.77. The number of rotatable bonds is 7. The van der Waals surface area contributed by atoms with Crippen LogP contribution in [-0.4, -0.2) is 39.2 Å². The highest BCUT2D eigenvalue weighted by Crippen LogP contribution is 2.20. The molecule has 2 aromatic carbocycles. The van der Waals surface area contributed by atoms with Crippen LogP contribution in [0.25, 0.3) is 0 Å². The lowest BCUT2D eigenvalue weighted by Gasteiger charge is -2.26. The summed E-state index contributed by atoms with van der Waals surface area (Å²) in [6.45, 7) is 1.81. The first-order valence-corrected chi connectivity index (χ1v) is 10.0. The number of nitro groups is 1. The number of nitrogens with one attached hydrogen (secondary N) is 2. The summed E-state index contributed by atoms with van der Waals surface area (Å²) in [5.41, 5.74) is 4.46. The van der Waals surface area contributed by atoms with E-state index in [1.165, 1.54) is 18.6 Å². The zero-order valence-electron chi connectivity index (χ0n) is 16.8. The largest absolute Gasteiger partial charge is 0.341 e. The lowest BCUT2D eigenvalue weighted by atomic mass is 10.1. The van der Waals surface area contributed by atoms with Gasteiger partial charge in [-0.1, -0.05) is 18.2 Å². The van der Waals surface area contributed by atoms with Crippen molar-refractivity contribution in [3.63, 3.8) is 0 Å². The van der Waals surface area contributed by atoms with Gasteiger partial charge < -0.3 is 10.2 Å². The van der Waals surface area contributed by atoms with Crippen LogP contribution >= 0.6 is 0 Å². The standard InChI is InChI=1S/C21H22N8O2/c30-29(31)18-11-9-16(10-12-18)15-22-27-20-24-19(23-17-7-3-1-4-8-17)25-21(26-20)28-13-5-2-6-14-28/h1,3-4,7-12,15H,2,5-6,13-14H2,(H2,23,24,25,26,27)/b22-15+. The van der Waals surface area contributed by atoms with E-state index in [1.807, 2.05) is 30.3 Å². The fourth-order valence-electron chi connectivity index (χ4n) is 3.20. The van der Waals surface area contributed by atoms with E-state index >= 15 is 0 Å². The van der Waals surface area contributed by atoms with E-state index in [4.69, 9.17) is 0 Å². The summed E-state index contributed by atoms with van der Waals surface area (Å²) < 4.78 is 0. The molecule has 31 heavy (non-hydrogen) atoms. The summed E-state index contributed by atoms with van der Waals surface area (Å²) in [6.07, 6.45) is 4.97. The lowest BCUT2D eigenvalue weighted by Crippen LogP contribution is -2.31. The molecule has 10 heteroatoms. The second-order valence-electron chi connectivity index (χ2n) is 7.04. The number of hydrazone groups is 1. The zero-order valence-corrected chi connectivity index (χ0v) is 16.8. The molecular formula is C21H22N8O2. The number of piperidine rings is 1. The number of benzene rings is 2. The molecule has 1 fully saturated rings. The first-order chi connectivity index (χ1) is 15.2. The van der Waals surface area contributed by atoms with Crippen LogP contribution in [0.15, 0.2) is 59.7 Å². The quantitative estimate of drug-likeness (QED) is 0.336. The van der Waals surface area contributed by atoms with Crippen molar-refractivity contribution in [1.29, 1.82) is 0 Å². The SMILES string of the molecule is O=[N+]([O-])c1ccc(/C=N/Nc2nc(Nc3ccccc3)nc(N3CCCCC3)n2)cc1. The van der Waals surface area contributed by atoms with E-state index in [-0.39, 0.29) is 5.69 Å². The number of hydrogen-bond acceptors (Lipinski definition) is 9. The molecule has 0 saturated carbocycles. The molecule has 158 valence electrons. The molecule has 2 heterocycles. The molecule has 0 amide bonds. The summed E-state index contributed by atoms with van der Waals surface area (Å²) in [4.78, 5) is 26.0. The molecule has 0 atom stereocenters. The third-order valence-corrected chi connectivity index (χ3v) is 4.77. The number of nitrogens with zero attached hydrogens (tertiary/aromatic N) is 6. The highest BCUT2D eigenvalue weighted by molar-refractivity contribution is 5.80. The molecule has 4 rings (SSSR count). The lowest BCUT2D eigenvalue weighted by molar-refractivity contribution is -0.384. The topological polar surface area (TPSA) is 121 Å². The molecule has 0 radical (unpaired) electrons. The van der Waals surface area contributed by atoms with Crippen LogP contribution in [0.5, 0.6) is 0 Å². The minimum absolute atomic E-state index is 0.0328. The van der Waals surface area contributed by atoms with Crippen molar-refractivity contribution in [2.45, 2.75) is 19.3 Å². The fraction of sp³-hybridized carbons (Fsp3) is 0.238.